The number of hydrogen-bond acceptors (Lipinski definition) is 7. The highest BCUT2D eigenvalue weighted by Crippen LogP contribution is 2.38. The van der Waals surface area contributed by atoms with Gasteiger partial charge in [-0.25, -0.2) is 0 Å². The lowest BCUT2D eigenvalue weighted by Gasteiger charge is -2.28. The number of carbonyl (C=O) groups excluding carboxylic acids is 1. The molecule has 47 heavy (non-hydrogen) atoms. The molecule has 1 fully saturated rings. The summed E-state index contributed by atoms with van der Waals surface area (Å²) in [6.45, 7) is 3.87. The molecule has 0 aliphatic carbocycles. The highest BCUT2D eigenvalue weighted by molar-refractivity contribution is 6.12. The smallest absolute Gasteiger partial charge is 0.257 e. The zero-order valence-electron chi connectivity index (χ0n) is 26.5. The Balaban J connectivity index is 1.04. The summed E-state index contributed by atoms with van der Waals surface area (Å²) in [5.74, 6) is 2.25. The van der Waals surface area contributed by atoms with Gasteiger partial charge < -0.3 is 34.5 Å². The molecule has 1 amide bonds. The van der Waals surface area contributed by atoms with E-state index in [1.54, 1.807) is 14.2 Å². The molecule has 0 atom stereocenters. The topological polar surface area (TPSA) is 81.3 Å². The fourth-order valence-electron chi connectivity index (χ4n) is 6.06. The Morgan fingerprint density at radius 1 is 0.660 bits per heavy atom. The number of nitrogens with one attached hydrogen (secondary N) is 2. The van der Waals surface area contributed by atoms with Crippen LogP contribution in [0.5, 0.6) is 17.2 Å². The second kappa shape index (κ2) is 13.5. The summed E-state index contributed by atoms with van der Waals surface area (Å²) in [7, 11) is 3.33. The molecule has 0 radical (unpaired) electrons. The number of anilines is 4. The van der Waals surface area contributed by atoms with Crippen LogP contribution >= 0.6 is 0 Å². The molecular formula is C39H37N3O5. The fourth-order valence-corrected chi connectivity index (χ4v) is 6.06. The van der Waals surface area contributed by atoms with Gasteiger partial charge in [-0.15, -0.1) is 0 Å². The number of rotatable bonds is 9. The molecule has 2 N–H and O–H groups in total. The number of ether oxygens (including phenoxy) is 4. The van der Waals surface area contributed by atoms with Gasteiger partial charge in [0, 0.05) is 30.8 Å². The van der Waals surface area contributed by atoms with Gasteiger partial charge >= 0.3 is 0 Å². The Kier molecular flexibility index (Phi) is 8.66. The van der Waals surface area contributed by atoms with E-state index >= 15 is 0 Å². The van der Waals surface area contributed by atoms with E-state index in [0.29, 0.717) is 18.6 Å². The minimum Gasteiger partial charge on any atom is -0.497 e. The predicted octanol–water partition coefficient (Wildman–Crippen LogP) is 7.81. The average molecular weight is 628 g/mol. The van der Waals surface area contributed by atoms with Gasteiger partial charge in [0.15, 0.2) is 0 Å². The molecule has 5 aromatic rings. The molecule has 0 bridgehead atoms. The van der Waals surface area contributed by atoms with Gasteiger partial charge in [-0.05, 0) is 89.0 Å². The maximum atomic E-state index is 13.3. The highest BCUT2D eigenvalue weighted by Gasteiger charge is 2.20. The third kappa shape index (κ3) is 6.59. The molecule has 0 saturated carbocycles. The van der Waals surface area contributed by atoms with Crippen molar-refractivity contribution in [3.05, 3.63) is 114 Å². The Labute approximate surface area is 274 Å². The third-order valence-corrected chi connectivity index (χ3v) is 8.67. The minimum absolute atomic E-state index is 0.154. The maximum absolute atomic E-state index is 13.3. The van der Waals surface area contributed by atoms with E-state index in [9.17, 15) is 4.79 Å². The number of amides is 1. The molecule has 0 aromatic heterocycles. The van der Waals surface area contributed by atoms with Gasteiger partial charge in [0.05, 0.1) is 56.7 Å². The summed E-state index contributed by atoms with van der Waals surface area (Å²) in [5, 5.41) is 6.58. The number of carbonyl (C=O) groups is 1. The van der Waals surface area contributed by atoms with Crippen LogP contribution in [0.4, 0.5) is 22.7 Å². The van der Waals surface area contributed by atoms with E-state index in [1.807, 2.05) is 72.8 Å². The van der Waals surface area contributed by atoms with E-state index < -0.39 is 0 Å². The van der Waals surface area contributed by atoms with Crippen molar-refractivity contribution < 1.29 is 23.7 Å². The average Bonchev–Trinajstić information content (AvgIpc) is 3.26. The molecule has 238 valence electrons. The highest BCUT2D eigenvalue weighted by atomic mass is 16.5. The number of hydrogen-bond donors (Lipinski definition) is 2. The minimum atomic E-state index is -0.154. The normalized spacial score (nSPS) is 13.8. The van der Waals surface area contributed by atoms with Crippen molar-refractivity contribution in [2.24, 2.45) is 0 Å². The van der Waals surface area contributed by atoms with Crippen molar-refractivity contribution in [1.29, 1.82) is 0 Å². The second-order valence-electron chi connectivity index (χ2n) is 11.6. The first-order valence-electron chi connectivity index (χ1n) is 15.8. The molecule has 5 aromatic carbocycles. The Morgan fingerprint density at radius 3 is 2.11 bits per heavy atom. The largest absolute Gasteiger partial charge is 0.497 e. The first-order valence-corrected chi connectivity index (χ1v) is 15.8. The van der Waals surface area contributed by atoms with Crippen LogP contribution in [0.3, 0.4) is 0 Å². The lowest BCUT2D eigenvalue weighted by molar-refractivity contribution is 0.102. The summed E-state index contributed by atoms with van der Waals surface area (Å²) in [4.78, 5) is 15.6. The standard InChI is InChI=1S/C39H37N3O5/c1-44-31-10-4-27(5-11-31)33-14-6-29(25-38(33)45-2)28-7-15-34-36(24-28)40-35-16-3-26(23-37(35)41-39(34)43)17-20-47-32-12-8-30(9-13-32)42-18-21-46-22-19-42/h3-16,23-25,40H,17-22H2,1-2H3,(H,41,43). The first-order chi connectivity index (χ1) is 23.1. The van der Waals surface area contributed by atoms with Crippen LogP contribution in [0.15, 0.2) is 103 Å². The quantitative estimate of drug-likeness (QED) is 0.173. The molecule has 1 saturated heterocycles. The van der Waals surface area contributed by atoms with Gasteiger partial charge in [-0.2, -0.15) is 0 Å². The number of fused-ring (bicyclic) bond motifs is 2. The van der Waals surface area contributed by atoms with Crippen LogP contribution in [0, 0.1) is 0 Å². The molecule has 2 heterocycles. The van der Waals surface area contributed by atoms with Crippen LogP contribution in [-0.2, 0) is 11.2 Å². The van der Waals surface area contributed by atoms with Crippen molar-refractivity contribution >= 4 is 28.7 Å². The van der Waals surface area contributed by atoms with Crippen molar-refractivity contribution in [1.82, 2.24) is 0 Å². The van der Waals surface area contributed by atoms with Crippen molar-refractivity contribution in [3.8, 4) is 39.5 Å². The molecule has 8 heteroatoms. The van der Waals surface area contributed by atoms with Crippen LogP contribution < -0.4 is 29.7 Å². The lowest BCUT2D eigenvalue weighted by atomic mass is 9.97. The molecule has 2 aliphatic rings. The van der Waals surface area contributed by atoms with Crippen LogP contribution in [0.25, 0.3) is 22.3 Å². The van der Waals surface area contributed by atoms with Crippen LogP contribution in [-0.4, -0.2) is 53.0 Å². The fraction of sp³-hybridized carbons (Fsp3) is 0.205. The van der Waals surface area contributed by atoms with E-state index in [2.05, 4.69) is 45.9 Å². The Bertz CT molecular complexity index is 1880. The number of morpholine rings is 1. The zero-order chi connectivity index (χ0) is 32.2. The van der Waals surface area contributed by atoms with Crippen molar-refractivity contribution in [2.45, 2.75) is 6.42 Å². The number of benzene rings is 5. The summed E-state index contributed by atoms with van der Waals surface area (Å²) >= 11 is 0. The summed E-state index contributed by atoms with van der Waals surface area (Å²) in [5.41, 5.74) is 9.15. The van der Waals surface area contributed by atoms with E-state index in [-0.39, 0.29) is 5.91 Å². The molecule has 2 aliphatic heterocycles. The third-order valence-electron chi connectivity index (χ3n) is 8.67. The zero-order valence-corrected chi connectivity index (χ0v) is 26.5. The van der Waals surface area contributed by atoms with Gasteiger partial charge in [0.25, 0.3) is 5.91 Å². The van der Waals surface area contributed by atoms with Crippen molar-refractivity contribution in [2.75, 3.05) is 62.7 Å². The molecular weight excluding hydrogens is 590 g/mol. The van der Waals surface area contributed by atoms with E-state index in [1.165, 1.54) is 5.69 Å². The Morgan fingerprint density at radius 2 is 1.36 bits per heavy atom. The number of nitrogens with zero attached hydrogens (tertiary/aromatic N) is 1. The van der Waals surface area contributed by atoms with E-state index in [0.717, 1.165) is 88.4 Å². The second-order valence-corrected chi connectivity index (χ2v) is 11.6. The summed E-state index contributed by atoms with van der Waals surface area (Å²) in [6.07, 6.45) is 0.708. The summed E-state index contributed by atoms with van der Waals surface area (Å²) < 4.78 is 22.6. The molecule has 0 unspecified atom stereocenters. The predicted molar refractivity (Wildman–Crippen MR) is 187 cm³/mol. The maximum Gasteiger partial charge on any atom is 0.257 e. The monoisotopic (exact) mass is 627 g/mol. The molecule has 7 rings (SSSR count). The SMILES string of the molecule is COc1ccc(-c2ccc(-c3ccc4c(c3)Nc3ccc(CCOc5ccc(N6CCOCC6)cc5)cc3NC4=O)cc2OC)cc1. The summed E-state index contributed by atoms with van der Waals surface area (Å²) in [6, 6.07) is 34.2. The Hall–Kier alpha value is -5.47. The van der Waals surface area contributed by atoms with Gasteiger partial charge in [-0.3, -0.25) is 4.79 Å². The lowest BCUT2D eigenvalue weighted by Crippen LogP contribution is -2.36. The van der Waals surface area contributed by atoms with E-state index in [4.69, 9.17) is 18.9 Å². The van der Waals surface area contributed by atoms with Gasteiger partial charge in [0.1, 0.15) is 17.2 Å². The van der Waals surface area contributed by atoms with Crippen molar-refractivity contribution in [3.63, 3.8) is 0 Å². The first kappa shape index (κ1) is 30.2. The van der Waals surface area contributed by atoms with Crippen LogP contribution in [0.1, 0.15) is 15.9 Å². The number of methoxy groups -OCH3 is 2. The molecule has 0 spiro atoms. The molecule has 8 nitrogen and oxygen atoms in total. The van der Waals surface area contributed by atoms with Gasteiger partial charge in [0.2, 0.25) is 0 Å². The van der Waals surface area contributed by atoms with Gasteiger partial charge in [-0.1, -0.05) is 36.4 Å². The van der Waals surface area contributed by atoms with Crippen LogP contribution in [0.2, 0.25) is 0 Å².